The minimum atomic E-state index is -1.58. The van der Waals surface area contributed by atoms with E-state index in [1.807, 2.05) is 0 Å². The summed E-state index contributed by atoms with van der Waals surface area (Å²) < 4.78 is 0. The first-order valence-electron chi connectivity index (χ1n) is 3.06. The smallest absolute Gasteiger partial charge is 0.196 e. The van der Waals surface area contributed by atoms with Crippen molar-refractivity contribution >= 4 is 5.82 Å². The summed E-state index contributed by atoms with van der Waals surface area (Å²) in [5.74, 6) is 0.267. The number of anilines is 1. The van der Waals surface area contributed by atoms with Crippen LogP contribution in [0, 0.1) is 6.92 Å². The molecule has 4 N–H and O–H groups in total. The second-order valence-electron chi connectivity index (χ2n) is 2.14. The van der Waals surface area contributed by atoms with Gasteiger partial charge in [0.15, 0.2) is 6.29 Å². The van der Waals surface area contributed by atoms with Crippen LogP contribution in [0.5, 0.6) is 0 Å². The van der Waals surface area contributed by atoms with Gasteiger partial charge >= 0.3 is 0 Å². The zero-order valence-electron chi connectivity index (χ0n) is 6.02. The van der Waals surface area contributed by atoms with E-state index in [1.54, 1.807) is 6.92 Å². The highest BCUT2D eigenvalue weighted by atomic mass is 16.5. The summed E-state index contributed by atoms with van der Waals surface area (Å²) in [7, 11) is 0. The van der Waals surface area contributed by atoms with Gasteiger partial charge in [0.2, 0.25) is 0 Å². The lowest BCUT2D eigenvalue weighted by atomic mass is 10.2. The molecule has 0 amide bonds. The van der Waals surface area contributed by atoms with Gasteiger partial charge in [-0.15, -0.1) is 0 Å². The quantitative estimate of drug-likeness (QED) is 0.469. The van der Waals surface area contributed by atoms with Gasteiger partial charge in [0, 0.05) is 5.56 Å². The van der Waals surface area contributed by atoms with Gasteiger partial charge in [0.1, 0.15) is 17.8 Å². The average Bonchev–Trinajstić information content (AvgIpc) is 1.94. The molecule has 11 heavy (non-hydrogen) atoms. The molecule has 0 atom stereocenters. The molecule has 0 aromatic carbocycles. The van der Waals surface area contributed by atoms with Crippen LogP contribution in [0.4, 0.5) is 5.82 Å². The molecule has 0 saturated heterocycles. The molecular formula is C6H9N3O2. The van der Waals surface area contributed by atoms with Crippen molar-refractivity contribution in [3.05, 3.63) is 17.6 Å². The monoisotopic (exact) mass is 155 g/mol. The Morgan fingerprint density at radius 3 is 2.55 bits per heavy atom. The van der Waals surface area contributed by atoms with Crippen molar-refractivity contribution in [2.75, 3.05) is 5.73 Å². The number of rotatable bonds is 1. The van der Waals surface area contributed by atoms with Crippen molar-refractivity contribution in [3.8, 4) is 0 Å². The van der Waals surface area contributed by atoms with Crippen LogP contribution in [0.1, 0.15) is 17.5 Å². The number of nitrogen functional groups attached to an aromatic ring is 1. The number of hydrogen-bond acceptors (Lipinski definition) is 5. The fraction of sp³-hybridized carbons (Fsp3) is 0.333. The van der Waals surface area contributed by atoms with Crippen LogP contribution in [-0.4, -0.2) is 20.2 Å². The molecule has 5 nitrogen and oxygen atoms in total. The molecule has 1 heterocycles. The molecule has 1 aromatic rings. The number of aliphatic hydroxyl groups excluding tert-OH is 1. The fourth-order valence-electron chi connectivity index (χ4n) is 0.738. The van der Waals surface area contributed by atoms with E-state index in [1.165, 1.54) is 6.33 Å². The Balaban J connectivity index is 3.17. The second kappa shape index (κ2) is 2.81. The Morgan fingerprint density at radius 1 is 1.45 bits per heavy atom. The van der Waals surface area contributed by atoms with Gasteiger partial charge in [-0.05, 0) is 6.92 Å². The van der Waals surface area contributed by atoms with E-state index in [4.69, 9.17) is 15.9 Å². The number of nitrogens with two attached hydrogens (primary N) is 1. The Bertz CT molecular complexity index is 262. The van der Waals surface area contributed by atoms with Crippen LogP contribution in [0.3, 0.4) is 0 Å². The first-order chi connectivity index (χ1) is 5.13. The SMILES string of the molecule is Cc1c(N)ncnc1C(O)O. The number of aliphatic hydroxyl groups is 2. The van der Waals surface area contributed by atoms with Crippen molar-refractivity contribution in [1.29, 1.82) is 0 Å². The molecule has 0 unspecified atom stereocenters. The first kappa shape index (κ1) is 7.90. The average molecular weight is 155 g/mol. The minimum absolute atomic E-state index is 0.150. The third-order valence-electron chi connectivity index (χ3n) is 1.41. The molecule has 0 aliphatic carbocycles. The summed E-state index contributed by atoms with van der Waals surface area (Å²) in [6.07, 6.45) is -0.391. The van der Waals surface area contributed by atoms with Gasteiger partial charge in [0.05, 0.1) is 0 Å². The molecule has 0 aliphatic rings. The molecular weight excluding hydrogens is 146 g/mol. The maximum absolute atomic E-state index is 8.74. The standard InChI is InChI=1S/C6H9N3O2/c1-3-4(6(10)11)8-2-9-5(3)7/h2,6,10-11H,1H3,(H2,7,8,9). The maximum atomic E-state index is 8.74. The van der Waals surface area contributed by atoms with Crippen molar-refractivity contribution < 1.29 is 10.2 Å². The van der Waals surface area contributed by atoms with Crippen molar-refractivity contribution in [3.63, 3.8) is 0 Å². The molecule has 0 fully saturated rings. The maximum Gasteiger partial charge on any atom is 0.196 e. The van der Waals surface area contributed by atoms with Crippen LogP contribution < -0.4 is 5.73 Å². The van der Waals surface area contributed by atoms with E-state index < -0.39 is 6.29 Å². The second-order valence-corrected chi connectivity index (χ2v) is 2.14. The molecule has 0 radical (unpaired) electrons. The Hall–Kier alpha value is -1.20. The van der Waals surface area contributed by atoms with E-state index in [0.29, 0.717) is 5.56 Å². The molecule has 0 bridgehead atoms. The van der Waals surface area contributed by atoms with Gasteiger partial charge in [-0.1, -0.05) is 0 Å². The summed E-state index contributed by atoms with van der Waals surface area (Å²) >= 11 is 0. The van der Waals surface area contributed by atoms with Crippen molar-refractivity contribution in [2.45, 2.75) is 13.2 Å². The Labute approximate surface area is 63.5 Å². The highest BCUT2D eigenvalue weighted by Gasteiger charge is 2.09. The third kappa shape index (κ3) is 1.44. The number of nitrogens with zero attached hydrogens (tertiary/aromatic N) is 2. The van der Waals surface area contributed by atoms with Crippen molar-refractivity contribution in [2.24, 2.45) is 0 Å². The van der Waals surface area contributed by atoms with E-state index in [2.05, 4.69) is 9.97 Å². The molecule has 5 heteroatoms. The summed E-state index contributed by atoms with van der Waals surface area (Å²) in [6, 6.07) is 0. The predicted molar refractivity (Wildman–Crippen MR) is 38.4 cm³/mol. The topological polar surface area (TPSA) is 92.3 Å². The fourth-order valence-corrected chi connectivity index (χ4v) is 0.738. The molecule has 1 rings (SSSR count). The zero-order chi connectivity index (χ0) is 8.43. The summed E-state index contributed by atoms with van der Waals surface area (Å²) in [5, 5.41) is 17.5. The molecule has 0 saturated carbocycles. The predicted octanol–water partition coefficient (Wildman–Crippen LogP) is -0.650. The lowest BCUT2D eigenvalue weighted by Crippen LogP contribution is -2.05. The van der Waals surface area contributed by atoms with Gasteiger partial charge < -0.3 is 15.9 Å². The Morgan fingerprint density at radius 2 is 2.09 bits per heavy atom. The van der Waals surface area contributed by atoms with Gasteiger partial charge in [-0.25, -0.2) is 9.97 Å². The van der Waals surface area contributed by atoms with Gasteiger partial charge in [0.25, 0.3) is 0 Å². The lowest BCUT2D eigenvalue weighted by Gasteiger charge is -2.06. The van der Waals surface area contributed by atoms with Crippen LogP contribution in [0.15, 0.2) is 6.33 Å². The molecule has 1 aromatic heterocycles. The molecule has 60 valence electrons. The van der Waals surface area contributed by atoms with E-state index >= 15 is 0 Å². The first-order valence-corrected chi connectivity index (χ1v) is 3.06. The lowest BCUT2D eigenvalue weighted by molar-refractivity contribution is -0.0463. The van der Waals surface area contributed by atoms with Crippen LogP contribution >= 0.6 is 0 Å². The number of hydrogen-bond donors (Lipinski definition) is 3. The normalized spacial score (nSPS) is 10.5. The molecule has 0 aliphatic heterocycles. The summed E-state index contributed by atoms with van der Waals surface area (Å²) in [4.78, 5) is 7.31. The third-order valence-corrected chi connectivity index (χ3v) is 1.41. The summed E-state index contributed by atoms with van der Waals surface area (Å²) in [5.41, 5.74) is 6.04. The number of aromatic nitrogens is 2. The highest BCUT2D eigenvalue weighted by molar-refractivity contribution is 5.40. The van der Waals surface area contributed by atoms with Crippen LogP contribution in [0.25, 0.3) is 0 Å². The van der Waals surface area contributed by atoms with Crippen LogP contribution in [0.2, 0.25) is 0 Å². The van der Waals surface area contributed by atoms with Gasteiger partial charge in [-0.3, -0.25) is 0 Å². The van der Waals surface area contributed by atoms with Crippen molar-refractivity contribution in [1.82, 2.24) is 9.97 Å². The Kier molecular flexibility index (Phi) is 2.02. The zero-order valence-corrected chi connectivity index (χ0v) is 6.02. The largest absolute Gasteiger partial charge is 0.383 e. The van der Waals surface area contributed by atoms with E-state index in [-0.39, 0.29) is 11.5 Å². The van der Waals surface area contributed by atoms with E-state index in [0.717, 1.165) is 0 Å². The van der Waals surface area contributed by atoms with Crippen LogP contribution in [-0.2, 0) is 0 Å². The van der Waals surface area contributed by atoms with Gasteiger partial charge in [-0.2, -0.15) is 0 Å². The summed E-state index contributed by atoms with van der Waals surface area (Å²) in [6.45, 7) is 1.63. The minimum Gasteiger partial charge on any atom is -0.383 e. The highest BCUT2D eigenvalue weighted by Crippen LogP contribution is 2.14. The van der Waals surface area contributed by atoms with E-state index in [9.17, 15) is 0 Å². The molecule has 0 spiro atoms.